The third-order valence-electron chi connectivity index (χ3n) is 2.65. The number of halogens is 1. The average Bonchev–Trinajstić information content (AvgIpc) is 2.25. The van der Waals surface area contributed by atoms with E-state index in [0.29, 0.717) is 18.4 Å². The lowest BCUT2D eigenvalue weighted by atomic mass is 10.1. The molecule has 1 unspecified atom stereocenters. The Balaban J connectivity index is 3.01. The normalized spacial score (nSPS) is 13.4. The number of carbonyl (C=O) groups is 1. The molecule has 2 N–H and O–H groups in total. The fraction of sp³-hybridized carbons (Fsp3) is 0.462. The second kappa shape index (κ2) is 6.32. The van der Waals surface area contributed by atoms with Gasteiger partial charge in [0.15, 0.2) is 0 Å². The van der Waals surface area contributed by atoms with E-state index in [9.17, 15) is 17.6 Å². The summed E-state index contributed by atoms with van der Waals surface area (Å²) in [4.78, 5) is 10.1. The van der Waals surface area contributed by atoms with Crippen LogP contribution in [0.25, 0.3) is 0 Å². The topological polar surface area (TPSA) is 83.5 Å². The summed E-state index contributed by atoms with van der Waals surface area (Å²) < 4.78 is 40.2. The molecule has 0 radical (unpaired) electrons. The van der Waals surface area contributed by atoms with Crippen LogP contribution in [0, 0.1) is 11.7 Å². The predicted octanol–water partition coefficient (Wildman–Crippen LogP) is 2.24. The van der Waals surface area contributed by atoms with Gasteiger partial charge in [0, 0.05) is 6.04 Å². The van der Waals surface area contributed by atoms with Crippen molar-refractivity contribution in [1.82, 2.24) is 4.72 Å². The maximum Gasteiger partial charge on any atom is 0.335 e. The van der Waals surface area contributed by atoms with Crippen molar-refractivity contribution < 1.29 is 22.7 Å². The molecule has 1 atom stereocenters. The third kappa shape index (κ3) is 4.28. The van der Waals surface area contributed by atoms with Gasteiger partial charge < -0.3 is 5.11 Å². The standard InChI is InChI=1S/C13H18FNO4S/c1-8(2)6-9(3)15-20(18,19)12-5-4-10(13(16)17)7-11(12)14/h4-5,7-9,15H,6H2,1-3H3,(H,16,17). The Labute approximate surface area is 117 Å². The number of rotatable bonds is 6. The summed E-state index contributed by atoms with van der Waals surface area (Å²) in [5.74, 6) is -2.09. The van der Waals surface area contributed by atoms with Crippen LogP contribution >= 0.6 is 0 Å². The monoisotopic (exact) mass is 303 g/mol. The Kier molecular flexibility index (Phi) is 5.24. The lowest BCUT2D eigenvalue weighted by Gasteiger charge is -2.16. The smallest absolute Gasteiger partial charge is 0.335 e. The molecule has 0 amide bonds. The van der Waals surface area contributed by atoms with Gasteiger partial charge >= 0.3 is 5.97 Å². The van der Waals surface area contributed by atoms with Crippen LogP contribution in [0.2, 0.25) is 0 Å². The molecule has 0 spiro atoms. The lowest BCUT2D eigenvalue weighted by Crippen LogP contribution is -2.34. The molecular weight excluding hydrogens is 285 g/mol. The van der Waals surface area contributed by atoms with Crippen LogP contribution in [0.15, 0.2) is 23.1 Å². The van der Waals surface area contributed by atoms with E-state index in [2.05, 4.69) is 4.72 Å². The zero-order valence-electron chi connectivity index (χ0n) is 11.6. The summed E-state index contributed by atoms with van der Waals surface area (Å²) in [7, 11) is -4.00. The lowest BCUT2D eigenvalue weighted by molar-refractivity contribution is 0.0696. The Morgan fingerprint density at radius 1 is 1.35 bits per heavy atom. The maximum atomic E-state index is 13.7. The largest absolute Gasteiger partial charge is 0.478 e. The average molecular weight is 303 g/mol. The minimum absolute atomic E-state index is 0.295. The molecule has 0 heterocycles. The Hall–Kier alpha value is -1.47. The van der Waals surface area contributed by atoms with Crippen molar-refractivity contribution in [3.63, 3.8) is 0 Å². The van der Waals surface area contributed by atoms with Gasteiger partial charge in [-0.1, -0.05) is 13.8 Å². The maximum absolute atomic E-state index is 13.7. The van der Waals surface area contributed by atoms with Crippen LogP contribution < -0.4 is 4.72 Å². The van der Waals surface area contributed by atoms with Crippen molar-refractivity contribution in [2.45, 2.75) is 38.1 Å². The number of aromatic carboxylic acids is 1. The van der Waals surface area contributed by atoms with Crippen LogP contribution in [0.1, 0.15) is 37.6 Å². The van der Waals surface area contributed by atoms with E-state index in [1.807, 2.05) is 13.8 Å². The van der Waals surface area contributed by atoms with Crippen molar-refractivity contribution in [3.8, 4) is 0 Å². The molecule has 0 aromatic heterocycles. The predicted molar refractivity (Wildman–Crippen MR) is 72.6 cm³/mol. The fourth-order valence-corrected chi connectivity index (χ4v) is 3.25. The highest BCUT2D eigenvalue weighted by Gasteiger charge is 2.22. The van der Waals surface area contributed by atoms with Crippen LogP contribution in [0.3, 0.4) is 0 Å². The first-order valence-corrected chi connectivity index (χ1v) is 7.67. The summed E-state index contributed by atoms with van der Waals surface area (Å²) in [6.07, 6.45) is 0.619. The van der Waals surface area contributed by atoms with E-state index < -0.39 is 26.7 Å². The molecule has 0 bridgehead atoms. The number of hydrogen-bond acceptors (Lipinski definition) is 3. The summed E-state index contributed by atoms with van der Waals surface area (Å²) in [6.45, 7) is 5.60. The van der Waals surface area contributed by atoms with Gasteiger partial charge in [-0.25, -0.2) is 22.3 Å². The first-order chi connectivity index (χ1) is 9.13. The summed E-state index contributed by atoms with van der Waals surface area (Å²) >= 11 is 0. The van der Waals surface area contributed by atoms with E-state index >= 15 is 0 Å². The highest BCUT2D eigenvalue weighted by molar-refractivity contribution is 7.89. The molecule has 0 aliphatic heterocycles. The number of sulfonamides is 1. The minimum Gasteiger partial charge on any atom is -0.478 e. The number of hydrogen-bond donors (Lipinski definition) is 2. The molecule has 0 aliphatic carbocycles. The van der Waals surface area contributed by atoms with Gasteiger partial charge in [-0.05, 0) is 37.5 Å². The Bertz CT molecular complexity index is 598. The number of carboxylic acid groups (broad SMARTS) is 1. The molecule has 0 saturated carbocycles. The highest BCUT2D eigenvalue weighted by Crippen LogP contribution is 2.17. The van der Waals surface area contributed by atoms with Crippen molar-refractivity contribution in [3.05, 3.63) is 29.6 Å². The summed E-state index contributed by atoms with van der Waals surface area (Å²) in [6, 6.07) is 2.39. The van der Waals surface area contributed by atoms with Gasteiger partial charge in [-0.15, -0.1) is 0 Å². The molecular formula is C13H18FNO4S. The van der Waals surface area contributed by atoms with Gasteiger partial charge in [0.1, 0.15) is 10.7 Å². The van der Waals surface area contributed by atoms with Crippen molar-refractivity contribution >= 4 is 16.0 Å². The Morgan fingerprint density at radius 2 is 1.95 bits per heavy atom. The van der Waals surface area contributed by atoms with Gasteiger partial charge in [0.25, 0.3) is 0 Å². The molecule has 7 heteroatoms. The zero-order chi connectivity index (χ0) is 15.5. The van der Waals surface area contributed by atoms with Crippen molar-refractivity contribution in [2.24, 2.45) is 5.92 Å². The number of benzene rings is 1. The first kappa shape index (κ1) is 16.6. The van der Waals surface area contributed by atoms with Crippen molar-refractivity contribution in [1.29, 1.82) is 0 Å². The van der Waals surface area contributed by atoms with Crippen molar-refractivity contribution in [2.75, 3.05) is 0 Å². The second-order valence-corrected chi connectivity index (χ2v) is 6.78. The SMILES string of the molecule is CC(C)CC(C)NS(=O)(=O)c1ccc(C(=O)O)cc1F. The molecule has 1 aromatic rings. The van der Waals surface area contributed by atoms with Crippen LogP contribution in [0.4, 0.5) is 4.39 Å². The van der Waals surface area contributed by atoms with Crippen LogP contribution in [-0.2, 0) is 10.0 Å². The van der Waals surface area contributed by atoms with E-state index in [1.165, 1.54) is 0 Å². The first-order valence-electron chi connectivity index (χ1n) is 6.18. The van der Waals surface area contributed by atoms with E-state index in [-0.39, 0.29) is 11.6 Å². The summed E-state index contributed by atoms with van der Waals surface area (Å²) in [5, 5.41) is 8.72. The van der Waals surface area contributed by atoms with Gasteiger partial charge in [0.2, 0.25) is 10.0 Å². The van der Waals surface area contributed by atoms with Gasteiger partial charge in [0.05, 0.1) is 5.56 Å². The van der Waals surface area contributed by atoms with Gasteiger partial charge in [-0.2, -0.15) is 0 Å². The number of carboxylic acids is 1. The number of nitrogens with one attached hydrogen (secondary N) is 1. The van der Waals surface area contributed by atoms with E-state index in [1.54, 1.807) is 6.92 Å². The quantitative estimate of drug-likeness (QED) is 0.844. The molecule has 20 heavy (non-hydrogen) atoms. The molecule has 0 saturated heterocycles. The molecule has 0 aliphatic rings. The Morgan fingerprint density at radius 3 is 2.40 bits per heavy atom. The molecule has 1 aromatic carbocycles. The van der Waals surface area contributed by atoms with Crippen LogP contribution in [0.5, 0.6) is 0 Å². The van der Waals surface area contributed by atoms with Gasteiger partial charge in [-0.3, -0.25) is 0 Å². The van der Waals surface area contributed by atoms with E-state index in [4.69, 9.17) is 5.11 Å². The van der Waals surface area contributed by atoms with Crippen LogP contribution in [-0.4, -0.2) is 25.5 Å². The molecule has 1 rings (SSSR count). The molecule has 112 valence electrons. The minimum atomic E-state index is -4.00. The third-order valence-corrected chi connectivity index (χ3v) is 4.27. The fourth-order valence-electron chi connectivity index (χ4n) is 1.94. The molecule has 0 fully saturated rings. The second-order valence-electron chi connectivity index (χ2n) is 5.10. The summed E-state index contributed by atoms with van der Waals surface area (Å²) in [5.41, 5.74) is -0.295. The van der Waals surface area contributed by atoms with E-state index in [0.717, 1.165) is 12.1 Å². The molecule has 5 nitrogen and oxygen atoms in total. The zero-order valence-corrected chi connectivity index (χ0v) is 12.4. The highest BCUT2D eigenvalue weighted by atomic mass is 32.2.